The number of carboxylic acid groups (broad SMARTS) is 1. The standard InChI is InChI=1S/C24H24ClFN2O3/c1-4-24(5-2,23(30)31)28-22(29)20-11-10-17(16-9-7-6-8-14(16)3)21(27-20)15-12-18(25)19(26)13-15/h6-13,18H,4-5H2,1-3H3,(H,28,29)(H,30,31). The van der Waals surface area contributed by atoms with Crippen molar-refractivity contribution in [3.63, 3.8) is 0 Å². The summed E-state index contributed by atoms with van der Waals surface area (Å²) in [7, 11) is 0. The summed E-state index contributed by atoms with van der Waals surface area (Å²) in [5.74, 6) is -2.20. The number of rotatable bonds is 7. The maximum atomic E-state index is 14.0. The molecule has 1 aliphatic carbocycles. The molecule has 0 fully saturated rings. The molecule has 1 amide bonds. The van der Waals surface area contributed by atoms with Gasteiger partial charge < -0.3 is 10.4 Å². The number of allylic oxidation sites excluding steroid dienone is 4. The number of aryl methyl sites for hydroxylation is 1. The van der Waals surface area contributed by atoms with Gasteiger partial charge in [0.05, 0.1) is 5.69 Å². The fourth-order valence-electron chi connectivity index (χ4n) is 3.62. The van der Waals surface area contributed by atoms with Crippen molar-refractivity contribution in [2.75, 3.05) is 0 Å². The van der Waals surface area contributed by atoms with Gasteiger partial charge in [-0.15, -0.1) is 11.6 Å². The SMILES string of the molecule is CCC(CC)(NC(=O)c1ccc(-c2ccccc2C)c(C2=CC(Cl)C(F)=C2)n1)C(=O)O. The van der Waals surface area contributed by atoms with Crippen LogP contribution in [0.5, 0.6) is 0 Å². The van der Waals surface area contributed by atoms with Gasteiger partial charge in [-0.25, -0.2) is 14.2 Å². The maximum absolute atomic E-state index is 14.0. The van der Waals surface area contributed by atoms with E-state index in [0.717, 1.165) is 16.7 Å². The number of carboxylic acids is 1. The van der Waals surface area contributed by atoms with E-state index >= 15 is 0 Å². The Morgan fingerprint density at radius 1 is 1.16 bits per heavy atom. The molecule has 0 saturated heterocycles. The third-order valence-corrected chi connectivity index (χ3v) is 6.02. The van der Waals surface area contributed by atoms with Crippen molar-refractivity contribution in [1.29, 1.82) is 0 Å². The summed E-state index contributed by atoms with van der Waals surface area (Å²) in [4.78, 5) is 29.2. The van der Waals surface area contributed by atoms with E-state index in [1.54, 1.807) is 32.1 Å². The molecule has 3 rings (SSSR count). The molecule has 2 N–H and O–H groups in total. The molecule has 0 spiro atoms. The van der Waals surface area contributed by atoms with E-state index in [9.17, 15) is 19.1 Å². The fraction of sp³-hybridized carbons (Fsp3) is 0.292. The average molecular weight is 443 g/mol. The fourth-order valence-corrected chi connectivity index (χ4v) is 3.82. The normalized spacial score (nSPS) is 16.0. The van der Waals surface area contributed by atoms with Crippen LogP contribution < -0.4 is 5.32 Å². The van der Waals surface area contributed by atoms with Crippen LogP contribution in [0.2, 0.25) is 0 Å². The molecule has 1 atom stereocenters. The summed E-state index contributed by atoms with van der Waals surface area (Å²) in [6.45, 7) is 5.36. The van der Waals surface area contributed by atoms with E-state index in [1.807, 2.05) is 31.2 Å². The van der Waals surface area contributed by atoms with E-state index < -0.39 is 28.6 Å². The molecule has 31 heavy (non-hydrogen) atoms. The van der Waals surface area contributed by atoms with Crippen LogP contribution in [0.4, 0.5) is 4.39 Å². The Morgan fingerprint density at radius 3 is 2.39 bits per heavy atom. The molecule has 5 nitrogen and oxygen atoms in total. The smallest absolute Gasteiger partial charge is 0.329 e. The number of benzene rings is 1. The molecular weight excluding hydrogens is 419 g/mol. The van der Waals surface area contributed by atoms with Crippen LogP contribution in [-0.2, 0) is 4.79 Å². The number of pyridine rings is 1. The predicted molar refractivity (Wildman–Crippen MR) is 120 cm³/mol. The zero-order valence-corrected chi connectivity index (χ0v) is 18.3. The summed E-state index contributed by atoms with van der Waals surface area (Å²) in [6.07, 6.45) is 3.31. The van der Waals surface area contributed by atoms with Gasteiger partial charge in [-0.2, -0.15) is 0 Å². The Labute approximate surface area is 185 Å². The minimum atomic E-state index is -1.38. The lowest BCUT2D eigenvalue weighted by atomic mass is 9.92. The van der Waals surface area contributed by atoms with Gasteiger partial charge in [0.15, 0.2) is 0 Å². The van der Waals surface area contributed by atoms with Crippen molar-refractivity contribution in [1.82, 2.24) is 10.3 Å². The van der Waals surface area contributed by atoms with Crippen molar-refractivity contribution in [3.8, 4) is 11.1 Å². The van der Waals surface area contributed by atoms with Gasteiger partial charge in [-0.05, 0) is 49.1 Å². The molecule has 1 heterocycles. The first-order valence-corrected chi connectivity index (χ1v) is 10.5. The number of amides is 1. The zero-order valence-electron chi connectivity index (χ0n) is 17.6. The van der Waals surface area contributed by atoms with Crippen molar-refractivity contribution in [3.05, 3.63) is 71.3 Å². The van der Waals surface area contributed by atoms with E-state index in [1.165, 1.54) is 6.08 Å². The molecule has 0 aliphatic heterocycles. The molecular formula is C24H24ClFN2O3. The van der Waals surface area contributed by atoms with Crippen molar-refractivity contribution in [2.24, 2.45) is 0 Å². The first kappa shape index (κ1) is 22.7. The number of carbonyl (C=O) groups is 2. The highest BCUT2D eigenvalue weighted by atomic mass is 35.5. The second kappa shape index (κ2) is 9.02. The zero-order chi connectivity index (χ0) is 22.8. The lowest BCUT2D eigenvalue weighted by Crippen LogP contribution is -2.53. The molecule has 0 radical (unpaired) electrons. The topological polar surface area (TPSA) is 79.3 Å². The molecule has 0 bridgehead atoms. The second-order valence-corrected chi connectivity index (χ2v) is 7.98. The Morgan fingerprint density at radius 2 is 1.84 bits per heavy atom. The largest absolute Gasteiger partial charge is 0.480 e. The predicted octanol–water partition coefficient (Wildman–Crippen LogP) is 5.29. The van der Waals surface area contributed by atoms with Crippen LogP contribution >= 0.6 is 11.6 Å². The third-order valence-electron chi connectivity index (χ3n) is 5.69. The Balaban J connectivity index is 2.10. The first-order chi connectivity index (χ1) is 14.7. The number of nitrogens with one attached hydrogen (secondary N) is 1. The molecule has 1 aliphatic rings. The summed E-state index contributed by atoms with van der Waals surface area (Å²) < 4.78 is 14.0. The van der Waals surface area contributed by atoms with Crippen molar-refractivity contribution in [2.45, 2.75) is 44.5 Å². The average Bonchev–Trinajstić information content (AvgIpc) is 3.10. The van der Waals surface area contributed by atoms with Gasteiger partial charge in [-0.1, -0.05) is 44.2 Å². The van der Waals surface area contributed by atoms with Crippen LogP contribution in [0.25, 0.3) is 16.7 Å². The van der Waals surface area contributed by atoms with Crippen LogP contribution in [-0.4, -0.2) is 32.9 Å². The Hall–Kier alpha value is -2.99. The van der Waals surface area contributed by atoms with E-state index in [-0.39, 0.29) is 18.5 Å². The number of carbonyl (C=O) groups excluding carboxylic acids is 1. The van der Waals surface area contributed by atoms with E-state index in [4.69, 9.17) is 11.6 Å². The molecule has 2 aromatic rings. The van der Waals surface area contributed by atoms with Crippen LogP contribution in [0.3, 0.4) is 0 Å². The number of hydrogen-bond acceptors (Lipinski definition) is 3. The molecule has 0 saturated carbocycles. The third kappa shape index (κ3) is 4.39. The minimum absolute atomic E-state index is 0.0487. The molecule has 162 valence electrons. The van der Waals surface area contributed by atoms with Crippen LogP contribution in [0.15, 0.2) is 54.4 Å². The van der Waals surface area contributed by atoms with Gasteiger partial charge in [0.1, 0.15) is 22.4 Å². The number of hydrogen-bond donors (Lipinski definition) is 2. The lowest BCUT2D eigenvalue weighted by molar-refractivity contribution is -0.144. The maximum Gasteiger partial charge on any atom is 0.329 e. The number of aromatic nitrogens is 1. The van der Waals surface area contributed by atoms with Crippen molar-refractivity contribution < 1.29 is 19.1 Å². The number of aliphatic carboxylic acids is 1. The van der Waals surface area contributed by atoms with Crippen LogP contribution in [0.1, 0.15) is 48.4 Å². The van der Waals surface area contributed by atoms with E-state index in [0.29, 0.717) is 11.3 Å². The Bertz CT molecular complexity index is 1090. The highest BCUT2D eigenvalue weighted by molar-refractivity contribution is 6.25. The van der Waals surface area contributed by atoms with Gasteiger partial charge in [0, 0.05) is 11.1 Å². The highest BCUT2D eigenvalue weighted by Crippen LogP contribution is 2.36. The van der Waals surface area contributed by atoms with Crippen LogP contribution in [0, 0.1) is 6.92 Å². The van der Waals surface area contributed by atoms with Gasteiger partial charge in [-0.3, -0.25) is 4.79 Å². The lowest BCUT2D eigenvalue weighted by Gasteiger charge is -2.28. The molecule has 1 aromatic carbocycles. The highest BCUT2D eigenvalue weighted by Gasteiger charge is 2.37. The molecule has 1 unspecified atom stereocenters. The summed E-state index contributed by atoms with van der Waals surface area (Å²) >= 11 is 6.01. The number of alkyl halides is 1. The summed E-state index contributed by atoms with van der Waals surface area (Å²) in [5.41, 5.74) is 2.17. The summed E-state index contributed by atoms with van der Waals surface area (Å²) in [5, 5.41) is 11.3. The first-order valence-electron chi connectivity index (χ1n) is 10.1. The minimum Gasteiger partial charge on any atom is -0.480 e. The van der Waals surface area contributed by atoms with E-state index in [2.05, 4.69) is 10.3 Å². The van der Waals surface area contributed by atoms with Gasteiger partial charge in [0.2, 0.25) is 0 Å². The Kier molecular flexibility index (Phi) is 6.60. The number of halogens is 2. The van der Waals surface area contributed by atoms with Gasteiger partial charge >= 0.3 is 5.97 Å². The monoisotopic (exact) mass is 442 g/mol. The molecule has 1 aromatic heterocycles. The number of nitrogens with zero attached hydrogens (tertiary/aromatic N) is 1. The second-order valence-electron chi connectivity index (χ2n) is 7.51. The quantitative estimate of drug-likeness (QED) is 0.571. The van der Waals surface area contributed by atoms with Gasteiger partial charge in [0.25, 0.3) is 5.91 Å². The van der Waals surface area contributed by atoms with Crippen molar-refractivity contribution >= 4 is 29.1 Å². The summed E-state index contributed by atoms with van der Waals surface area (Å²) in [6, 6.07) is 11.0. The molecule has 7 heteroatoms.